The highest BCUT2D eigenvalue weighted by Crippen LogP contribution is 2.23. The SMILES string of the molecule is CC(C)n1ccc(CC(C)(C)CBr)n1. The van der Waals surface area contributed by atoms with Gasteiger partial charge in [0.15, 0.2) is 0 Å². The Hall–Kier alpha value is -0.310. The van der Waals surface area contributed by atoms with Crippen LogP contribution in [-0.4, -0.2) is 15.1 Å². The number of rotatable bonds is 4. The summed E-state index contributed by atoms with van der Waals surface area (Å²) in [5.74, 6) is 0. The fourth-order valence-electron chi connectivity index (χ4n) is 1.30. The predicted octanol–water partition coefficient (Wildman–Crippen LogP) is 3.43. The summed E-state index contributed by atoms with van der Waals surface area (Å²) in [5.41, 5.74) is 1.47. The highest BCUT2D eigenvalue weighted by molar-refractivity contribution is 9.09. The maximum Gasteiger partial charge on any atom is 0.0630 e. The fourth-order valence-corrected chi connectivity index (χ4v) is 1.50. The first-order valence-electron chi connectivity index (χ1n) is 5.04. The third-order valence-electron chi connectivity index (χ3n) is 2.21. The van der Waals surface area contributed by atoms with Crippen LogP contribution in [0.25, 0.3) is 0 Å². The highest BCUT2D eigenvalue weighted by Gasteiger charge is 2.18. The number of nitrogens with zero attached hydrogens (tertiary/aromatic N) is 2. The topological polar surface area (TPSA) is 17.8 Å². The van der Waals surface area contributed by atoms with Crippen LogP contribution < -0.4 is 0 Å². The van der Waals surface area contributed by atoms with Crippen LogP contribution >= 0.6 is 15.9 Å². The van der Waals surface area contributed by atoms with Crippen molar-refractivity contribution in [1.29, 1.82) is 0 Å². The van der Waals surface area contributed by atoms with Crippen molar-refractivity contribution in [3.63, 3.8) is 0 Å². The van der Waals surface area contributed by atoms with Crippen LogP contribution in [0.3, 0.4) is 0 Å². The number of alkyl halides is 1. The number of aromatic nitrogens is 2. The lowest BCUT2D eigenvalue weighted by Gasteiger charge is -2.19. The molecule has 2 nitrogen and oxygen atoms in total. The molecule has 0 atom stereocenters. The smallest absolute Gasteiger partial charge is 0.0630 e. The van der Waals surface area contributed by atoms with Crippen LogP contribution in [-0.2, 0) is 6.42 Å². The normalized spacial score (nSPS) is 12.4. The molecular weight excluding hydrogens is 240 g/mol. The number of hydrogen-bond donors (Lipinski definition) is 0. The summed E-state index contributed by atoms with van der Waals surface area (Å²) in [7, 11) is 0. The molecule has 3 heteroatoms. The van der Waals surface area contributed by atoms with Crippen LogP contribution in [0.4, 0.5) is 0 Å². The van der Waals surface area contributed by atoms with E-state index in [1.54, 1.807) is 0 Å². The van der Waals surface area contributed by atoms with Gasteiger partial charge in [0.2, 0.25) is 0 Å². The molecule has 0 spiro atoms. The first-order chi connectivity index (χ1) is 6.44. The van der Waals surface area contributed by atoms with Gasteiger partial charge >= 0.3 is 0 Å². The van der Waals surface area contributed by atoms with E-state index in [1.807, 2.05) is 4.68 Å². The second kappa shape index (κ2) is 4.47. The minimum Gasteiger partial charge on any atom is -0.270 e. The lowest BCUT2D eigenvalue weighted by atomic mass is 9.91. The maximum absolute atomic E-state index is 4.54. The Labute approximate surface area is 94.8 Å². The maximum atomic E-state index is 4.54. The van der Waals surface area contributed by atoms with Crippen LogP contribution in [0, 0.1) is 5.41 Å². The Morgan fingerprint density at radius 3 is 2.57 bits per heavy atom. The molecule has 1 aromatic heterocycles. The molecule has 0 N–H and O–H groups in total. The van der Waals surface area contributed by atoms with Gasteiger partial charge in [-0.15, -0.1) is 0 Å². The third kappa shape index (κ3) is 3.12. The fraction of sp³-hybridized carbons (Fsp3) is 0.727. The molecule has 0 aliphatic rings. The van der Waals surface area contributed by atoms with E-state index in [-0.39, 0.29) is 5.41 Å². The van der Waals surface area contributed by atoms with Crippen molar-refractivity contribution in [2.45, 2.75) is 40.2 Å². The van der Waals surface area contributed by atoms with Gasteiger partial charge in [-0.25, -0.2) is 0 Å². The van der Waals surface area contributed by atoms with Crippen LogP contribution in [0.15, 0.2) is 12.3 Å². The van der Waals surface area contributed by atoms with E-state index in [0.717, 1.165) is 11.8 Å². The van der Waals surface area contributed by atoms with Crippen molar-refractivity contribution in [3.8, 4) is 0 Å². The first kappa shape index (κ1) is 11.8. The molecule has 0 aliphatic heterocycles. The van der Waals surface area contributed by atoms with E-state index in [0.29, 0.717) is 6.04 Å². The van der Waals surface area contributed by atoms with Crippen molar-refractivity contribution in [2.75, 3.05) is 5.33 Å². The zero-order valence-electron chi connectivity index (χ0n) is 9.42. The summed E-state index contributed by atoms with van der Waals surface area (Å²) in [6, 6.07) is 2.57. The Morgan fingerprint density at radius 2 is 2.14 bits per heavy atom. The van der Waals surface area contributed by atoms with Crippen molar-refractivity contribution >= 4 is 15.9 Å². The van der Waals surface area contributed by atoms with Gasteiger partial charge in [-0.3, -0.25) is 4.68 Å². The molecule has 1 rings (SSSR count). The zero-order chi connectivity index (χ0) is 10.8. The summed E-state index contributed by atoms with van der Waals surface area (Å²) < 4.78 is 2.01. The number of halogens is 1. The minimum absolute atomic E-state index is 0.288. The molecule has 0 aromatic carbocycles. The second-order valence-corrected chi connectivity index (χ2v) is 5.42. The Bertz CT molecular complexity index is 289. The van der Waals surface area contributed by atoms with Gasteiger partial charge in [-0.05, 0) is 31.7 Å². The average Bonchev–Trinajstić information content (AvgIpc) is 2.52. The molecule has 0 amide bonds. The largest absolute Gasteiger partial charge is 0.270 e. The quantitative estimate of drug-likeness (QED) is 0.757. The molecule has 0 fully saturated rings. The van der Waals surface area contributed by atoms with E-state index >= 15 is 0 Å². The van der Waals surface area contributed by atoms with Crippen molar-refractivity contribution in [1.82, 2.24) is 9.78 Å². The van der Waals surface area contributed by atoms with E-state index in [9.17, 15) is 0 Å². The first-order valence-corrected chi connectivity index (χ1v) is 6.17. The number of hydrogen-bond acceptors (Lipinski definition) is 1. The molecule has 0 saturated carbocycles. The summed E-state index contributed by atoms with van der Waals surface area (Å²) in [4.78, 5) is 0. The van der Waals surface area contributed by atoms with E-state index < -0.39 is 0 Å². The van der Waals surface area contributed by atoms with Crippen LogP contribution in [0.2, 0.25) is 0 Å². The molecule has 80 valence electrons. The standard InChI is InChI=1S/C11H19BrN2/c1-9(2)14-6-5-10(13-14)7-11(3,4)8-12/h5-6,9H,7-8H2,1-4H3. The van der Waals surface area contributed by atoms with Crippen LogP contribution in [0.5, 0.6) is 0 Å². The molecule has 0 aliphatic carbocycles. The van der Waals surface area contributed by atoms with Gasteiger partial charge in [-0.1, -0.05) is 29.8 Å². The van der Waals surface area contributed by atoms with Gasteiger partial charge in [0.25, 0.3) is 0 Å². The molecular formula is C11H19BrN2. The lowest BCUT2D eigenvalue weighted by molar-refractivity contribution is 0.413. The Balaban J connectivity index is 2.69. The monoisotopic (exact) mass is 258 g/mol. The van der Waals surface area contributed by atoms with Gasteiger partial charge in [0.05, 0.1) is 5.69 Å². The molecule has 0 bridgehead atoms. The summed E-state index contributed by atoms with van der Waals surface area (Å²) in [6.45, 7) is 8.78. The molecule has 0 radical (unpaired) electrons. The van der Waals surface area contributed by atoms with E-state index in [1.165, 1.54) is 5.69 Å². The van der Waals surface area contributed by atoms with Gasteiger partial charge < -0.3 is 0 Å². The summed E-state index contributed by atoms with van der Waals surface area (Å²) in [6.07, 6.45) is 3.09. The predicted molar refractivity (Wildman–Crippen MR) is 63.9 cm³/mol. The minimum atomic E-state index is 0.288. The van der Waals surface area contributed by atoms with Gasteiger partial charge in [0.1, 0.15) is 0 Å². The average molecular weight is 259 g/mol. The molecule has 14 heavy (non-hydrogen) atoms. The van der Waals surface area contributed by atoms with Crippen LogP contribution in [0.1, 0.15) is 39.4 Å². The van der Waals surface area contributed by atoms with E-state index in [2.05, 4.69) is 61.0 Å². The van der Waals surface area contributed by atoms with Crippen molar-refractivity contribution in [3.05, 3.63) is 18.0 Å². The molecule has 1 heterocycles. The third-order valence-corrected chi connectivity index (χ3v) is 3.73. The highest BCUT2D eigenvalue weighted by atomic mass is 79.9. The van der Waals surface area contributed by atoms with E-state index in [4.69, 9.17) is 0 Å². The van der Waals surface area contributed by atoms with Crippen molar-refractivity contribution < 1.29 is 0 Å². The summed E-state index contributed by atoms with van der Waals surface area (Å²) >= 11 is 3.53. The van der Waals surface area contributed by atoms with Gasteiger partial charge in [-0.2, -0.15) is 5.10 Å². The molecule has 0 saturated heterocycles. The zero-order valence-corrected chi connectivity index (χ0v) is 11.0. The van der Waals surface area contributed by atoms with Gasteiger partial charge in [0, 0.05) is 17.6 Å². The molecule has 0 unspecified atom stereocenters. The Morgan fingerprint density at radius 1 is 1.50 bits per heavy atom. The second-order valence-electron chi connectivity index (χ2n) is 4.86. The van der Waals surface area contributed by atoms with Crippen molar-refractivity contribution in [2.24, 2.45) is 5.41 Å². The Kier molecular flexibility index (Phi) is 3.76. The molecule has 1 aromatic rings. The summed E-state index contributed by atoms with van der Waals surface area (Å²) in [5, 5.41) is 5.55. The lowest BCUT2D eigenvalue weighted by Crippen LogP contribution is -2.17.